The third-order valence-corrected chi connectivity index (χ3v) is 8.11. The van der Waals surface area contributed by atoms with E-state index in [-0.39, 0.29) is 17.9 Å². The molecule has 5 nitrogen and oxygen atoms in total. The smallest absolute Gasteiger partial charge is 0.277 e. The largest absolute Gasteiger partial charge is 0.291 e. The van der Waals surface area contributed by atoms with Gasteiger partial charge >= 0.3 is 0 Å². The third-order valence-electron chi connectivity index (χ3n) is 6.76. The Hall–Kier alpha value is -2.18. The summed E-state index contributed by atoms with van der Waals surface area (Å²) in [6.45, 7) is 16.3. The Morgan fingerprint density at radius 2 is 1.59 bits per heavy atom. The maximum absolute atomic E-state index is 13.6. The van der Waals surface area contributed by atoms with Crippen LogP contribution in [0.3, 0.4) is 0 Å². The first-order chi connectivity index (χ1) is 16.0. The Bertz CT molecular complexity index is 1080. The molecule has 6 heteroatoms. The molecule has 34 heavy (non-hydrogen) atoms. The van der Waals surface area contributed by atoms with Gasteiger partial charge in [0.05, 0.1) is 10.6 Å². The topological polar surface area (TPSA) is 61.8 Å². The van der Waals surface area contributed by atoms with Crippen LogP contribution >= 0.6 is 0 Å². The van der Waals surface area contributed by atoms with Gasteiger partial charge in [-0.25, -0.2) is 4.83 Å². The lowest BCUT2D eigenvalue weighted by atomic mass is 9.89. The molecule has 1 heterocycles. The van der Waals surface area contributed by atoms with Crippen molar-refractivity contribution in [1.82, 2.24) is 9.73 Å². The summed E-state index contributed by atoms with van der Waals surface area (Å²) in [5, 5.41) is 4.44. The zero-order chi connectivity index (χ0) is 25.0. The molecule has 0 aromatic heterocycles. The minimum atomic E-state index is -3.81. The number of nitrogens with zero attached hydrogens (tertiary/aromatic N) is 2. The van der Waals surface area contributed by atoms with E-state index in [1.54, 1.807) is 0 Å². The first kappa shape index (κ1) is 26.4. The normalized spacial score (nSPS) is 17.8. The lowest BCUT2D eigenvalue weighted by molar-refractivity contribution is 0.293. The molecule has 0 bridgehead atoms. The molecule has 2 aromatic carbocycles. The Labute approximate surface area is 206 Å². The van der Waals surface area contributed by atoms with E-state index in [2.05, 4.69) is 92.8 Å². The molecule has 0 radical (unpaired) electrons. The van der Waals surface area contributed by atoms with E-state index in [1.807, 2.05) is 13.0 Å². The number of nitrogens with one attached hydrogen (secondary N) is 1. The van der Waals surface area contributed by atoms with Gasteiger partial charge < -0.3 is 0 Å². The maximum Gasteiger partial charge on any atom is 0.277 e. The lowest BCUT2D eigenvalue weighted by Crippen LogP contribution is -2.36. The van der Waals surface area contributed by atoms with Crippen molar-refractivity contribution in [3.63, 3.8) is 0 Å². The van der Waals surface area contributed by atoms with Crippen LogP contribution in [0.2, 0.25) is 0 Å². The average molecular weight is 484 g/mol. The number of rotatable bonds is 9. The molecule has 0 spiro atoms. The lowest BCUT2D eigenvalue weighted by Gasteiger charge is -2.25. The zero-order valence-electron chi connectivity index (χ0n) is 21.8. The van der Waals surface area contributed by atoms with E-state index in [4.69, 9.17) is 0 Å². The van der Waals surface area contributed by atoms with Crippen LogP contribution < -0.4 is 4.83 Å². The summed E-state index contributed by atoms with van der Waals surface area (Å²) in [7, 11) is -3.81. The summed E-state index contributed by atoms with van der Waals surface area (Å²) < 4.78 is 27.2. The number of hydrogen-bond donors (Lipinski definition) is 1. The quantitative estimate of drug-likeness (QED) is 0.333. The van der Waals surface area contributed by atoms with E-state index in [0.717, 1.165) is 42.8 Å². The monoisotopic (exact) mass is 483 g/mol. The van der Waals surface area contributed by atoms with Crippen molar-refractivity contribution in [3.8, 4) is 0 Å². The molecule has 1 aliphatic heterocycles. The SMILES string of the molecule is C/C(=N\NS(=O)(=O)c1c(C(C)C)cc(C(C)C)cc1C(C)C)[C@@H]1CCCN1Cc1ccccc1. The first-order valence-electron chi connectivity index (χ1n) is 12.5. The molecule has 0 unspecified atom stereocenters. The second-order valence-electron chi connectivity index (χ2n) is 10.5. The van der Waals surface area contributed by atoms with Crippen molar-refractivity contribution in [2.24, 2.45) is 5.10 Å². The number of benzene rings is 2. The van der Waals surface area contributed by atoms with Crippen molar-refractivity contribution in [3.05, 3.63) is 64.7 Å². The second-order valence-corrected chi connectivity index (χ2v) is 12.1. The third kappa shape index (κ3) is 6.08. The average Bonchev–Trinajstić information content (AvgIpc) is 3.25. The van der Waals surface area contributed by atoms with Gasteiger partial charge in [0.15, 0.2) is 0 Å². The van der Waals surface area contributed by atoms with Crippen molar-refractivity contribution in [2.75, 3.05) is 6.54 Å². The van der Waals surface area contributed by atoms with Crippen LogP contribution in [0.15, 0.2) is 52.5 Å². The standard InChI is InChI=1S/C28H41N3O2S/c1-19(2)24-16-25(20(3)4)28(26(17-24)21(5)6)34(32,33)30-29-22(7)27-14-11-15-31(27)18-23-12-9-8-10-13-23/h8-10,12-13,16-17,19-21,27,30H,11,14-15,18H2,1-7H3/b29-22+/t27-/m0/s1. The van der Waals surface area contributed by atoms with E-state index in [0.29, 0.717) is 10.8 Å². The summed E-state index contributed by atoms with van der Waals surface area (Å²) in [5.74, 6) is 0.506. The summed E-state index contributed by atoms with van der Waals surface area (Å²) in [6, 6.07) is 14.7. The second kappa shape index (κ2) is 11.0. The number of hydrogen-bond acceptors (Lipinski definition) is 4. The van der Waals surface area contributed by atoms with Crippen molar-refractivity contribution >= 4 is 15.7 Å². The molecule has 0 aliphatic carbocycles. The van der Waals surface area contributed by atoms with Crippen LogP contribution in [-0.4, -0.2) is 31.6 Å². The van der Waals surface area contributed by atoms with Gasteiger partial charge in [0.2, 0.25) is 0 Å². The highest BCUT2D eigenvalue weighted by atomic mass is 32.2. The predicted octanol–water partition coefficient (Wildman–Crippen LogP) is 6.38. The van der Waals surface area contributed by atoms with E-state index < -0.39 is 10.0 Å². The molecule has 0 saturated carbocycles. The summed E-state index contributed by atoms with van der Waals surface area (Å²) in [5.41, 5.74) is 4.97. The molecular weight excluding hydrogens is 442 g/mol. The summed E-state index contributed by atoms with van der Waals surface area (Å²) in [4.78, 5) is 5.39. The Balaban J connectivity index is 1.90. The minimum Gasteiger partial charge on any atom is -0.291 e. The molecule has 0 amide bonds. The van der Waals surface area contributed by atoms with Crippen molar-refractivity contribution in [1.29, 1.82) is 0 Å². The van der Waals surface area contributed by atoms with E-state index >= 15 is 0 Å². The van der Waals surface area contributed by atoms with E-state index in [1.165, 1.54) is 11.1 Å². The fourth-order valence-electron chi connectivity index (χ4n) is 4.76. The van der Waals surface area contributed by atoms with Gasteiger partial charge in [-0.05, 0) is 66.3 Å². The van der Waals surface area contributed by atoms with Gasteiger partial charge in [-0.1, -0.05) is 84.0 Å². The van der Waals surface area contributed by atoms with Gasteiger partial charge in [0, 0.05) is 12.6 Å². The molecule has 186 valence electrons. The van der Waals surface area contributed by atoms with Gasteiger partial charge in [0.1, 0.15) is 0 Å². The van der Waals surface area contributed by atoms with Gasteiger partial charge in [-0.3, -0.25) is 4.90 Å². The van der Waals surface area contributed by atoms with Crippen LogP contribution in [-0.2, 0) is 16.6 Å². The number of hydrazone groups is 1. The van der Waals surface area contributed by atoms with Crippen molar-refractivity contribution < 1.29 is 8.42 Å². The Morgan fingerprint density at radius 3 is 2.12 bits per heavy atom. The van der Waals surface area contributed by atoms with Gasteiger partial charge in [0.25, 0.3) is 10.0 Å². The predicted molar refractivity (Wildman–Crippen MR) is 142 cm³/mol. The highest BCUT2D eigenvalue weighted by Gasteiger charge is 2.29. The van der Waals surface area contributed by atoms with Crippen LogP contribution in [0.1, 0.15) is 101 Å². The van der Waals surface area contributed by atoms with Gasteiger partial charge in [-0.15, -0.1) is 0 Å². The highest BCUT2D eigenvalue weighted by molar-refractivity contribution is 7.89. The summed E-state index contributed by atoms with van der Waals surface area (Å²) in [6.07, 6.45) is 2.07. The minimum absolute atomic E-state index is 0.0871. The number of sulfonamides is 1. The van der Waals surface area contributed by atoms with Crippen molar-refractivity contribution in [2.45, 2.75) is 96.5 Å². The first-order valence-corrected chi connectivity index (χ1v) is 14.0. The Morgan fingerprint density at radius 1 is 1.00 bits per heavy atom. The van der Waals surface area contributed by atoms with Crippen LogP contribution in [0.5, 0.6) is 0 Å². The fraction of sp³-hybridized carbons (Fsp3) is 0.536. The van der Waals surface area contributed by atoms with Crippen LogP contribution in [0.4, 0.5) is 0 Å². The molecule has 1 N–H and O–H groups in total. The highest BCUT2D eigenvalue weighted by Crippen LogP contribution is 2.35. The van der Waals surface area contributed by atoms with Gasteiger partial charge in [-0.2, -0.15) is 13.5 Å². The molecule has 1 aliphatic rings. The molecule has 1 atom stereocenters. The molecule has 1 fully saturated rings. The van der Waals surface area contributed by atoms with E-state index in [9.17, 15) is 8.42 Å². The zero-order valence-corrected chi connectivity index (χ0v) is 22.6. The molecule has 2 aromatic rings. The molecule has 3 rings (SSSR count). The number of likely N-dealkylation sites (tertiary alicyclic amines) is 1. The Kier molecular flexibility index (Phi) is 8.58. The van der Waals surface area contributed by atoms with Crippen LogP contribution in [0, 0.1) is 0 Å². The molecule has 1 saturated heterocycles. The van der Waals surface area contributed by atoms with Crippen LogP contribution in [0.25, 0.3) is 0 Å². The maximum atomic E-state index is 13.6. The fourth-order valence-corrected chi connectivity index (χ4v) is 6.32. The molecular formula is C28H41N3O2S. The summed E-state index contributed by atoms with van der Waals surface area (Å²) >= 11 is 0.